The third-order valence-corrected chi connectivity index (χ3v) is 6.72. The van der Waals surface area contributed by atoms with Crippen LogP contribution in [0.3, 0.4) is 0 Å². The number of rotatable bonds is 7. The van der Waals surface area contributed by atoms with Crippen LogP contribution in [0.4, 0.5) is 0 Å². The van der Waals surface area contributed by atoms with E-state index in [9.17, 15) is 0 Å². The summed E-state index contributed by atoms with van der Waals surface area (Å²) < 4.78 is 0. The predicted molar refractivity (Wildman–Crippen MR) is 112 cm³/mol. The molecule has 5 nitrogen and oxygen atoms in total. The molecule has 0 saturated carbocycles. The van der Waals surface area contributed by atoms with Gasteiger partial charge in [0.2, 0.25) is 0 Å². The lowest BCUT2D eigenvalue weighted by atomic mass is 9.98. The van der Waals surface area contributed by atoms with Crippen LogP contribution < -0.4 is 10.6 Å². The highest BCUT2D eigenvalue weighted by Crippen LogP contribution is 2.27. The summed E-state index contributed by atoms with van der Waals surface area (Å²) in [4.78, 5) is 11.1. The van der Waals surface area contributed by atoms with Crippen LogP contribution in [0.25, 0.3) is 0 Å². The molecule has 3 rings (SSSR count). The van der Waals surface area contributed by atoms with Crippen LogP contribution in [0.15, 0.2) is 22.5 Å². The van der Waals surface area contributed by atoms with Crippen LogP contribution >= 0.6 is 11.3 Å². The number of thiophene rings is 1. The number of guanidine groups is 1. The molecule has 6 heteroatoms. The molecule has 0 aliphatic carbocycles. The average Bonchev–Trinajstić information content (AvgIpc) is 3.39. The largest absolute Gasteiger partial charge is 0.356 e. The van der Waals surface area contributed by atoms with E-state index in [1.807, 2.05) is 18.4 Å². The van der Waals surface area contributed by atoms with Crippen molar-refractivity contribution in [3.8, 4) is 0 Å². The second-order valence-corrected chi connectivity index (χ2v) is 8.49. The molecule has 2 N–H and O–H groups in total. The minimum absolute atomic E-state index is 0.460. The highest BCUT2D eigenvalue weighted by atomic mass is 32.1. The van der Waals surface area contributed by atoms with Crippen molar-refractivity contribution in [2.75, 3.05) is 52.9 Å². The van der Waals surface area contributed by atoms with E-state index in [0.29, 0.717) is 6.04 Å². The summed E-state index contributed by atoms with van der Waals surface area (Å²) in [6.45, 7) is 10.3. The first-order valence-corrected chi connectivity index (χ1v) is 11.1. The molecule has 0 amide bonds. The van der Waals surface area contributed by atoms with Crippen LogP contribution in [0.2, 0.25) is 0 Å². The number of nitrogens with one attached hydrogen (secondary N) is 2. The molecule has 2 atom stereocenters. The molecule has 3 heterocycles. The van der Waals surface area contributed by atoms with Crippen LogP contribution in [0.1, 0.15) is 43.5 Å². The molecular weight excluding hydrogens is 342 g/mol. The minimum Gasteiger partial charge on any atom is -0.356 e. The Balaban J connectivity index is 1.49. The Morgan fingerprint density at radius 1 is 1.27 bits per heavy atom. The van der Waals surface area contributed by atoms with Gasteiger partial charge in [-0.15, -0.1) is 11.3 Å². The summed E-state index contributed by atoms with van der Waals surface area (Å²) in [7, 11) is 1.88. The summed E-state index contributed by atoms with van der Waals surface area (Å²) in [6, 6.07) is 4.90. The molecule has 1 aromatic rings. The molecule has 146 valence electrons. The van der Waals surface area contributed by atoms with Crippen LogP contribution in [-0.4, -0.2) is 68.6 Å². The van der Waals surface area contributed by atoms with Crippen molar-refractivity contribution in [1.82, 2.24) is 20.4 Å². The van der Waals surface area contributed by atoms with Crippen molar-refractivity contribution in [2.45, 2.75) is 38.6 Å². The van der Waals surface area contributed by atoms with Crippen LogP contribution in [0.5, 0.6) is 0 Å². The van der Waals surface area contributed by atoms with Crippen LogP contribution in [0, 0.1) is 5.92 Å². The van der Waals surface area contributed by atoms with E-state index in [-0.39, 0.29) is 0 Å². The van der Waals surface area contributed by atoms with E-state index in [4.69, 9.17) is 0 Å². The number of hydrogen-bond acceptors (Lipinski definition) is 4. The SMILES string of the molecule is CCN1CCCC(CNC(=NC)NCC(c2cccs2)N2CCCC2)C1. The number of likely N-dealkylation sites (tertiary alicyclic amines) is 2. The van der Waals surface area contributed by atoms with Gasteiger partial charge in [0.05, 0.1) is 6.04 Å². The van der Waals surface area contributed by atoms with E-state index in [2.05, 4.69) is 49.9 Å². The van der Waals surface area contributed by atoms with Crippen molar-refractivity contribution >= 4 is 17.3 Å². The molecule has 2 saturated heterocycles. The lowest BCUT2D eigenvalue weighted by Crippen LogP contribution is -2.46. The maximum atomic E-state index is 4.46. The molecule has 1 aromatic heterocycles. The van der Waals surface area contributed by atoms with Gasteiger partial charge in [-0.05, 0) is 69.2 Å². The molecule has 2 aliphatic rings. The number of hydrogen-bond donors (Lipinski definition) is 2. The monoisotopic (exact) mass is 377 g/mol. The predicted octanol–water partition coefficient (Wildman–Crippen LogP) is 2.78. The molecule has 0 radical (unpaired) electrons. The fraction of sp³-hybridized carbons (Fsp3) is 0.750. The summed E-state index contributed by atoms with van der Waals surface area (Å²) in [6.07, 6.45) is 5.29. The van der Waals surface area contributed by atoms with E-state index < -0.39 is 0 Å². The Morgan fingerprint density at radius 3 is 2.81 bits per heavy atom. The van der Waals surface area contributed by atoms with E-state index in [1.54, 1.807) is 0 Å². The van der Waals surface area contributed by atoms with Crippen molar-refractivity contribution < 1.29 is 0 Å². The number of nitrogens with zero attached hydrogens (tertiary/aromatic N) is 3. The van der Waals surface area contributed by atoms with Crippen molar-refractivity contribution in [3.63, 3.8) is 0 Å². The quantitative estimate of drug-likeness (QED) is 0.566. The molecule has 2 aliphatic heterocycles. The van der Waals surface area contributed by atoms with Gasteiger partial charge in [0.25, 0.3) is 0 Å². The third-order valence-electron chi connectivity index (χ3n) is 5.75. The maximum Gasteiger partial charge on any atom is 0.191 e. The van der Waals surface area contributed by atoms with E-state index in [1.165, 1.54) is 63.3 Å². The highest BCUT2D eigenvalue weighted by molar-refractivity contribution is 7.10. The maximum absolute atomic E-state index is 4.46. The van der Waals surface area contributed by atoms with Gasteiger partial charge in [-0.3, -0.25) is 9.89 Å². The van der Waals surface area contributed by atoms with Gasteiger partial charge in [-0.25, -0.2) is 0 Å². The fourth-order valence-electron chi connectivity index (χ4n) is 4.20. The zero-order valence-corrected chi connectivity index (χ0v) is 17.2. The molecular formula is C20H35N5S. The van der Waals surface area contributed by atoms with Gasteiger partial charge in [0, 0.05) is 31.6 Å². The van der Waals surface area contributed by atoms with Gasteiger partial charge in [-0.2, -0.15) is 0 Å². The third kappa shape index (κ3) is 5.44. The second kappa shape index (κ2) is 10.3. The zero-order chi connectivity index (χ0) is 18.2. The van der Waals surface area contributed by atoms with Crippen molar-refractivity contribution in [3.05, 3.63) is 22.4 Å². The minimum atomic E-state index is 0.460. The molecule has 2 unspecified atom stereocenters. The standard InChI is InChI=1S/C20H35N5S/c1-3-24-10-6-8-17(16-24)14-22-20(21-2)23-15-18(19-9-7-13-26-19)25-11-4-5-12-25/h7,9,13,17-18H,3-6,8,10-12,14-16H2,1-2H3,(H2,21,22,23). The summed E-state index contributed by atoms with van der Waals surface area (Å²) in [5.41, 5.74) is 0. The van der Waals surface area contributed by atoms with Gasteiger partial charge in [-0.1, -0.05) is 13.0 Å². The Hall–Kier alpha value is -1.11. The Bertz CT molecular complexity index is 538. The number of piperidine rings is 1. The van der Waals surface area contributed by atoms with Crippen LogP contribution in [-0.2, 0) is 0 Å². The van der Waals surface area contributed by atoms with E-state index >= 15 is 0 Å². The first-order valence-electron chi connectivity index (χ1n) is 10.2. The van der Waals surface area contributed by atoms with Gasteiger partial charge in [0.1, 0.15) is 0 Å². The molecule has 2 fully saturated rings. The number of aliphatic imine (C=N–C) groups is 1. The summed E-state index contributed by atoms with van der Waals surface area (Å²) >= 11 is 1.87. The summed E-state index contributed by atoms with van der Waals surface area (Å²) in [5, 5.41) is 9.35. The molecule has 0 aromatic carbocycles. The van der Waals surface area contributed by atoms with Gasteiger partial charge >= 0.3 is 0 Å². The van der Waals surface area contributed by atoms with Gasteiger partial charge < -0.3 is 15.5 Å². The molecule has 26 heavy (non-hydrogen) atoms. The lowest BCUT2D eigenvalue weighted by molar-refractivity contribution is 0.183. The normalized spacial score (nSPS) is 23.9. The molecule has 0 bridgehead atoms. The first-order chi connectivity index (χ1) is 12.8. The topological polar surface area (TPSA) is 42.9 Å². The van der Waals surface area contributed by atoms with Crippen molar-refractivity contribution in [2.24, 2.45) is 10.9 Å². The van der Waals surface area contributed by atoms with Gasteiger partial charge in [0.15, 0.2) is 5.96 Å². The smallest absolute Gasteiger partial charge is 0.191 e. The molecule has 0 spiro atoms. The highest BCUT2D eigenvalue weighted by Gasteiger charge is 2.24. The Labute approximate surface area is 162 Å². The zero-order valence-electron chi connectivity index (χ0n) is 16.4. The average molecular weight is 378 g/mol. The Morgan fingerprint density at radius 2 is 2.12 bits per heavy atom. The summed E-state index contributed by atoms with van der Waals surface area (Å²) in [5.74, 6) is 1.67. The second-order valence-electron chi connectivity index (χ2n) is 7.51. The van der Waals surface area contributed by atoms with E-state index in [0.717, 1.165) is 25.0 Å². The van der Waals surface area contributed by atoms with Crippen molar-refractivity contribution in [1.29, 1.82) is 0 Å². The lowest BCUT2D eigenvalue weighted by Gasteiger charge is -2.32. The first kappa shape index (κ1) is 19.6. The fourth-order valence-corrected chi connectivity index (χ4v) is 5.06. The Kier molecular flexibility index (Phi) is 7.77.